The van der Waals surface area contributed by atoms with Crippen molar-refractivity contribution in [3.05, 3.63) is 41.5 Å². The van der Waals surface area contributed by atoms with Crippen molar-refractivity contribution in [3.63, 3.8) is 0 Å². The number of hydrogen-bond acceptors (Lipinski definition) is 0. The van der Waals surface area contributed by atoms with Crippen LogP contribution >= 0.6 is 0 Å². The number of allylic oxidation sites excluding steroid dienone is 2. The van der Waals surface area contributed by atoms with Crippen molar-refractivity contribution in [1.82, 2.24) is 0 Å². The lowest BCUT2D eigenvalue weighted by atomic mass is 9.87. The van der Waals surface area contributed by atoms with Crippen molar-refractivity contribution in [2.45, 2.75) is 26.2 Å². The van der Waals surface area contributed by atoms with Gasteiger partial charge < -0.3 is 0 Å². The van der Waals surface area contributed by atoms with E-state index < -0.39 is 0 Å². The minimum Gasteiger partial charge on any atom is -0.0838 e. The van der Waals surface area contributed by atoms with Gasteiger partial charge in [-0.1, -0.05) is 30.3 Å². The van der Waals surface area contributed by atoms with Gasteiger partial charge in [0.15, 0.2) is 0 Å². The molecule has 0 heteroatoms. The molecule has 0 aromatic heterocycles. The average Bonchev–Trinajstić information content (AvgIpc) is 2.17. The minimum absolute atomic E-state index is 1.26. The lowest BCUT2D eigenvalue weighted by molar-refractivity contribution is 0.821. The van der Waals surface area contributed by atoms with E-state index in [9.17, 15) is 0 Å². The topological polar surface area (TPSA) is 0 Å². The molecule has 0 nitrogen and oxygen atoms in total. The Morgan fingerprint density at radius 1 is 1.17 bits per heavy atom. The van der Waals surface area contributed by atoms with Crippen LogP contribution in [0.25, 0.3) is 5.57 Å². The zero-order valence-corrected chi connectivity index (χ0v) is 7.51. The maximum Gasteiger partial charge on any atom is -0.0196 e. The van der Waals surface area contributed by atoms with E-state index in [-0.39, 0.29) is 0 Å². The molecule has 1 aromatic carbocycles. The quantitative estimate of drug-likeness (QED) is 0.542. The maximum absolute atomic E-state index is 2.25. The summed E-state index contributed by atoms with van der Waals surface area (Å²) in [5.74, 6) is 0. The Labute approximate surface area is 73.9 Å². The molecule has 0 saturated carbocycles. The second kappa shape index (κ2) is 3.14. The van der Waals surface area contributed by atoms with Gasteiger partial charge in [-0.3, -0.25) is 0 Å². The summed E-state index contributed by atoms with van der Waals surface area (Å²) in [5.41, 5.74) is 4.53. The van der Waals surface area contributed by atoms with Crippen molar-refractivity contribution in [3.8, 4) is 0 Å². The Kier molecular flexibility index (Phi) is 1.99. The number of aryl methyl sites for hydroxylation is 1. The molecule has 1 aromatic rings. The van der Waals surface area contributed by atoms with Gasteiger partial charge in [-0.15, -0.1) is 0 Å². The third kappa shape index (κ3) is 1.18. The molecule has 0 fully saturated rings. The fourth-order valence-corrected chi connectivity index (χ4v) is 1.96. The van der Waals surface area contributed by atoms with Crippen LogP contribution in [-0.4, -0.2) is 0 Å². The third-order valence-electron chi connectivity index (χ3n) is 2.60. The molecule has 12 heavy (non-hydrogen) atoms. The highest BCUT2D eigenvalue weighted by atomic mass is 14.2. The smallest absolute Gasteiger partial charge is 0.0196 e. The molecule has 0 saturated heterocycles. The predicted molar refractivity (Wildman–Crippen MR) is 53.0 cm³/mol. The second-order valence-corrected chi connectivity index (χ2v) is 3.32. The van der Waals surface area contributed by atoms with E-state index >= 15 is 0 Å². The van der Waals surface area contributed by atoms with E-state index in [2.05, 4.69) is 37.3 Å². The largest absolute Gasteiger partial charge is 0.0838 e. The first-order chi connectivity index (χ1) is 5.92. The monoisotopic (exact) mass is 158 g/mol. The molecule has 62 valence electrons. The molecule has 0 unspecified atom stereocenters. The SMILES string of the molecule is C/C=C1/CCCc2ccccc21. The average molecular weight is 158 g/mol. The van der Waals surface area contributed by atoms with E-state index in [1.54, 1.807) is 0 Å². The number of rotatable bonds is 0. The van der Waals surface area contributed by atoms with Crippen molar-refractivity contribution in [2.24, 2.45) is 0 Å². The molecular weight excluding hydrogens is 144 g/mol. The van der Waals surface area contributed by atoms with Crippen LogP contribution in [0.15, 0.2) is 30.3 Å². The van der Waals surface area contributed by atoms with Crippen LogP contribution in [0.4, 0.5) is 0 Å². The lowest BCUT2D eigenvalue weighted by Crippen LogP contribution is -2.00. The Morgan fingerprint density at radius 2 is 2.00 bits per heavy atom. The summed E-state index contributed by atoms with van der Waals surface area (Å²) in [7, 11) is 0. The van der Waals surface area contributed by atoms with Crippen LogP contribution in [0.5, 0.6) is 0 Å². The first kappa shape index (κ1) is 7.60. The van der Waals surface area contributed by atoms with Gasteiger partial charge in [-0.25, -0.2) is 0 Å². The summed E-state index contributed by atoms with van der Waals surface area (Å²) in [5, 5.41) is 0. The summed E-state index contributed by atoms with van der Waals surface area (Å²) in [4.78, 5) is 0. The lowest BCUT2D eigenvalue weighted by Gasteiger charge is -2.18. The molecule has 0 N–H and O–H groups in total. The van der Waals surface area contributed by atoms with Crippen molar-refractivity contribution >= 4 is 5.57 Å². The van der Waals surface area contributed by atoms with Crippen LogP contribution in [0.1, 0.15) is 30.9 Å². The standard InChI is InChI=1S/C12H14/c1-2-10-7-5-8-11-6-3-4-9-12(10)11/h2-4,6,9H,5,7-8H2,1H3/b10-2-. The van der Waals surface area contributed by atoms with E-state index in [0.29, 0.717) is 0 Å². The van der Waals surface area contributed by atoms with Crippen LogP contribution in [0.3, 0.4) is 0 Å². The first-order valence-electron chi connectivity index (χ1n) is 4.65. The summed E-state index contributed by atoms with van der Waals surface area (Å²) >= 11 is 0. The molecule has 2 rings (SSSR count). The highest BCUT2D eigenvalue weighted by molar-refractivity contribution is 5.69. The zero-order chi connectivity index (χ0) is 8.39. The second-order valence-electron chi connectivity index (χ2n) is 3.32. The highest BCUT2D eigenvalue weighted by Crippen LogP contribution is 2.29. The van der Waals surface area contributed by atoms with Gasteiger partial charge in [0, 0.05) is 0 Å². The van der Waals surface area contributed by atoms with Crippen molar-refractivity contribution in [1.29, 1.82) is 0 Å². The summed E-state index contributed by atoms with van der Waals surface area (Å²) in [6, 6.07) is 8.76. The van der Waals surface area contributed by atoms with Gasteiger partial charge in [-0.05, 0) is 42.9 Å². The van der Waals surface area contributed by atoms with Crippen LogP contribution in [0.2, 0.25) is 0 Å². The van der Waals surface area contributed by atoms with Gasteiger partial charge >= 0.3 is 0 Å². The molecule has 0 radical (unpaired) electrons. The van der Waals surface area contributed by atoms with Gasteiger partial charge in [-0.2, -0.15) is 0 Å². The van der Waals surface area contributed by atoms with E-state index in [0.717, 1.165) is 0 Å². The fraction of sp³-hybridized carbons (Fsp3) is 0.333. The Bertz CT molecular complexity index is 308. The number of hydrogen-bond donors (Lipinski definition) is 0. The van der Waals surface area contributed by atoms with Crippen LogP contribution in [0, 0.1) is 0 Å². The Balaban J connectivity index is 2.51. The molecule has 0 atom stereocenters. The molecule has 0 heterocycles. The number of benzene rings is 1. The molecule has 0 amide bonds. The summed E-state index contributed by atoms with van der Waals surface area (Å²) in [6.45, 7) is 2.14. The molecule has 0 bridgehead atoms. The fourth-order valence-electron chi connectivity index (χ4n) is 1.96. The molecule has 1 aliphatic carbocycles. The first-order valence-corrected chi connectivity index (χ1v) is 4.65. The normalized spacial score (nSPS) is 19.2. The Hall–Kier alpha value is -1.04. The van der Waals surface area contributed by atoms with Crippen LogP contribution in [-0.2, 0) is 6.42 Å². The summed E-state index contributed by atoms with van der Waals surface area (Å²) in [6.07, 6.45) is 6.08. The Morgan fingerprint density at radius 3 is 2.83 bits per heavy atom. The predicted octanol–water partition coefficient (Wildman–Crippen LogP) is 3.43. The van der Waals surface area contributed by atoms with Gasteiger partial charge in [0.05, 0.1) is 0 Å². The van der Waals surface area contributed by atoms with Gasteiger partial charge in [0.2, 0.25) is 0 Å². The van der Waals surface area contributed by atoms with E-state index in [4.69, 9.17) is 0 Å². The van der Waals surface area contributed by atoms with E-state index in [1.165, 1.54) is 36.0 Å². The molecule has 0 aliphatic heterocycles. The summed E-state index contributed by atoms with van der Waals surface area (Å²) < 4.78 is 0. The van der Waals surface area contributed by atoms with Gasteiger partial charge in [0.25, 0.3) is 0 Å². The highest BCUT2D eigenvalue weighted by Gasteiger charge is 2.11. The zero-order valence-electron chi connectivity index (χ0n) is 7.51. The molecular formula is C12H14. The maximum atomic E-state index is 2.25. The molecule has 1 aliphatic rings. The van der Waals surface area contributed by atoms with Gasteiger partial charge in [0.1, 0.15) is 0 Å². The number of fused-ring (bicyclic) bond motifs is 1. The van der Waals surface area contributed by atoms with Crippen molar-refractivity contribution < 1.29 is 0 Å². The van der Waals surface area contributed by atoms with Crippen LogP contribution < -0.4 is 0 Å². The minimum atomic E-state index is 1.26. The molecule has 0 spiro atoms. The van der Waals surface area contributed by atoms with Crippen molar-refractivity contribution in [2.75, 3.05) is 0 Å². The van der Waals surface area contributed by atoms with E-state index in [1.807, 2.05) is 0 Å². The third-order valence-corrected chi connectivity index (χ3v) is 2.60.